The van der Waals surface area contributed by atoms with Gasteiger partial charge in [0.25, 0.3) is 0 Å². The molecule has 0 amide bonds. The molecule has 1 fully saturated rings. The maximum atomic E-state index is 12.2. The summed E-state index contributed by atoms with van der Waals surface area (Å²) >= 11 is 0. The van der Waals surface area contributed by atoms with E-state index in [1.54, 1.807) is 12.1 Å². The first-order valence-electron chi connectivity index (χ1n) is 7.99. The van der Waals surface area contributed by atoms with Crippen molar-refractivity contribution in [1.82, 2.24) is 0 Å². The van der Waals surface area contributed by atoms with Gasteiger partial charge in [-0.15, -0.1) is 0 Å². The van der Waals surface area contributed by atoms with Crippen molar-refractivity contribution in [2.45, 2.75) is 51.0 Å². The number of hydrogen-bond acceptors (Lipinski definition) is 4. The second-order valence-electron chi connectivity index (χ2n) is 6.27. The Balaban J connectivity index is 1.80. The normalized spacial score (nSPS) is 22.8. The number of esters is 1. The van der Waals surface area contributed by atoms with E-state index in [-0.39, 0.29) is 6.10 Å². The molecule has 1 unspecified atom stereocenters. The van der Waals surface area contributed by atoms with Crippen molar-refractivity contribution >= 4 is 5.97 Å². The van der Waals surface area contributed by atoms with Gasteiger partial charge in [-0.3, -0.25) is 0 Å². The summed E-state index contributed by atoms with van der Waals surface area (Å²) in [5.74, 6) is -0.646. The van der Waals surface area contributed by atoms with Gasteiger partial charge in [0.05, 0.1) is 7.11 Å². The van der Waals surface area contributed by atoms with Crippen molar-refractivity contribution in [1.29, 1.82) is 0 Å². The summed E-state index contributed by atoms with van der Waals surface area (Å²) < 4.78 is 52.4. The minimum atomic E-state index is -4.99. The lowest BCUT2D eigenvalue weighted by Gasteiger charge is -2.37. The maximum Gasteiger partial charge on any atom is 0.490 e. The molecule has 0 aromatic heterocycles. The number of ether oxygens (including phenoxy) is 3. The van der Waals surface area contributed by atoms with Gasteiger partial charge >= 0.3 is 12.1 Å². The molecule has 0 bridgehead atoms. The third-order valence-electron chi connectivity index (χ3n) is 4.60. The van der Waals surface area contributed by atoms with Crippen molar-refractivity contribution in [3.05, 3.63) is 23.3 Å². The molecular weight excluding hydrogens is 325 g/mol. The van der Waals surface area contributed by atoms with Gasteiger partial charge in [-0.25, -0.2) is 4.79 Å². The summed E-state index contributed by atoms with van der Waals surface area (Å²) in [7, 11) is 1.48. The van der Waals surface area contributed by atoms with Crippen LogP contribution in [0.1, 0.15) is 36.8 Å². The molecule has 24 heavy (non-hydrogen) atoms. The number of benzene rings is 1. The SMILES string of the molecule is COc1cc(COC(=O)C(F)(F)F)cc2c1OC1CCCC[C@H]1C2. The van der Waals surface area contributed by atoms with E-state index in [1.807, 2.05) is 0 Å². The van der Waals surface area contributed by atoms with Crippen LogP contribution in [-0.2, 0) is 22.6 Å². The van der Waals surface area contributed by atoms with Gasteiger partial charge in [0.2, 0.25) is 0 Å². The molecule has 1 aliphatic heterocycles. The van der Waals surface area contributed by atoms with Gasteiger partial charge in [0, 0.05) is 5.92 Å². The van der Waals surface area contributed by atoms with Gasteiger partial charge in [-0.1, -0.05) is 6.42 Å². The first-order chi connectivity index (χ1) is 11.4. The van der Waals surface area contributed by atoms with Crippen molar-refractivity contribution in [2.24, 2.45) is 5.92 Å². The summed E-state index contributed by atoms with van der Waals surface area (Å²) in [5, 5.41) is 0. The second kappa shape index (κ2) is 6.53. The molecule has 1 heterocycles. The van der Waals surface area contributed by atoms with E-state index in [2.05, 4.69) is 4.74 Å². The predicted molar refractivity (Wildman–Crippen MR) is 78.9 cm³/mol. The first-order valence-corrected chi connectivity index (χ1v) is 7.99. The molecule has 0 radical (unpaired) electrons. The number of carbonyl (C=O) groups is 1. The molecule has 2 atom stereocenters. The van der Waals surface area contributed by atoms with Gasteiger partial charge in [0.15, 0.2) is 11.5 Å². The number of hydrogen-bond donors (Lipinski definition) is 0. The van der Waals surface area contributed by atoms with Crippen LogP contribution in [0.15, 0.2) is 12.1 Å². The zero-order valence-electron chi connectivity index (χ0n) is 13.3. The molecule has 1 aromatic rings. The minimum absolute atomic E-state index is 0.175. The third kappa shape index (κ3) is 3.44. The Bertz CT molecular complexity index is 627. The molecule has 0 saturated heterocycles. The van der Waals surface area contributed by atoms with Gasteiger partial charge in [-0.05, 0) is 48.9 Å². The van der Waals surface area contributed by atoms with Crippen LogP contribution in [0.25, 0.3) is 0 Å². The molecule has 1 aromatic carbocycles. The van der Waals surface area contributed by atoms with Crippen LogP contribution in [-0.4, -0.2) is 25.4 Å². The molecule has 4 nitrogen and oxygen atoms in total. The van der Waals surface area contributed by atoms with Crippen molar-refractivity contribution in [3.8, 4) is 11.5 Å². The number of methoxy groups -OCH3 is 1. The highest BCUT2D eigenvalue weighted by Gasteiger charge is 2.41. The van der Waals surface area contributed by atoms with E-state index in [9.17, 15) is 18.0 Å². The van der Waals surface area contributed by atoms with Gasteiger partial charge in [-0.2, -0.15) is 13.2 Å². The quantitative estimate of drug-likeness (QED) is 0.783. The van der Waals surface area contributed by atoms with Gasteiger partial charge < -0.3 is 14.2 Å². The lowest BCUT2D eigenvalue weighted by atomic mass is 9.80. The van der Waals surface area contributed by atoms with Crippen LogP contribution < -0.4 is 9.47 Å². The van der Waals surface area contributed by atoms with E-state index in [0.29, 0.717) is 23.0 Å². The van der Waals surface area contributed by atoms with Crippen LogP contribution in [0.2, 0.25) is 0 Å². The fraction of sp³-hybridized carbons (Fsp3) is 0.588. The number of halogens is 3. The Morgan fingerprint density at radius 1 is 1.29 bits per heavy atom. The number of rotatable bonds is 3. The highest BCUT2D eigenvalue weighted by atomic mass is 19.4. The zero-order chi connectivity index (χ0) is 17.3. The number of fused-ring (bicyclic) bond motifs is 2. The van der Waals surface area contributed by atoms with Gasteiger partial charge in [0.1, 0.15) is 12.7 Å². The Morgan fingerprint density at radius 2 is 2.04 bits per heavy atom. The fourth-order valence-electron chi connectivity index (χ4n) is 3.47. The third-order valence-corrected chi connectivity index (χ3v) is 4.60. The first kappa shape index (κ1) is 16.9. The summed E-state index contributed by atoms with van der Waals surface area (Å²) in [5.41, 5.74) is 1.36. The lowest BCUT2D eigenvalue weighted by Crippen LogP contribution is -2.35. The number of carbonyl (C=O) groups excluding carboxylic acids is 1. The van der Waals surface area contributed by atoms with Crippen LogP contribution in [0.4, 0.5) is 13.2 Å². The molecular formula is C17H19F3O4. The van der Waals surface area contributed by atoms with Crippen LogP contribution >= 0.6 is 0 Å². The van der Waals surface area contributed by atoms with Crippen LogP contribution in [0.3, 0.4) is 0 Å². The molecule has 2 aliphatic rings. The second-order valence-corrected chi connectivity index (χ2v) is 6.27. The van der Waals surface area contributed by atoms with E-state index < -0.39 is 18.8 Å². The molecule has 0 N–H and O–H groups in total. The maximum absolute atomic E-state index is 12.2. The standard InChI is InChI=1S/C17H19F3O4/c1-22-14-7-10(9-23-16(21)17(18,19)20)6-12-8-11-4-2-3-5-13(11)24-15(12)14/h6-7,11,13H,2-5,8-9H2,1H3/t11-,13?/m0/s1. The molecule has 132 valence electrons. The predicted octanol–water partition coefficient (Wildman–Crippen LogP) is 3.79. The monoisotopic (exact) mass is 344 g/mol. The average Bonchev–Trinajstić information content (AvgIpc) is 2.56. The Kier molecular flexibility index (Phi) is 4.60. The van der Waals surface area contributed by atoms with E-state index in [1.165, 1.54) is 13.5 Å². The van der Waals surface area contributed by atoms with Crippen molar-refractivity contribution in [2.75, 3.05) is 7.11 Å². The fourth-order valence-corrected chi connectivity index (χ4v) is 3.47. The van der Waals surface area contributed by atoms with Crippen LogP contribution in [0.5, 0.6) is 11.5 Å². The number of alkyl halides is 3. The van der Waals surface area contributed by atoms with Crippen LogP contribution in [0, 0.1) is 5.92 Å². The largest absolute Gasteiger partial charge is 0.493 e. The van der Waals surface area contributed by atoms with Crippen molar-refractivity contribution in [3.63, 3.8) is 0 Å². The summed E-state index contributed by atoms with van der Waals surface area (Å²) in [6, 6.07) is 3.30. The molecule has 7 heteroatoms. The smallest absolute Gasteiger partial charge is 0.490 e. The Labute approximate surface area is 137 Å². The summed E-state index contributed by atoms with van der Waals surface area (Å²) in [6.07, 6.45) is 0.394. The molecule has 1 saturated carbocycles. The Morgan fingerprint density at radius 3 is 2.75 bits per heavy atom. The molecule has 3 rings (SSSR count). The highest BCUT2D eigenvalue weighted by Crippen LogP contribution is 2.43. The highest BCUT2D eigenvalue weighted by molar-refractivity contribution is 5.75. The Hall–Kier alpha value is -1.92. The topological polar surface area (TPSA) is 44.8 Å². The van der Waals surface area contributed by atoms with E-state index in [4.69, 9.17) is 9.47 Å². The zero-order valence-corrected chi connectivity index (χ0v) is 13.3. The average molecular weight is 344 g/mol. The van der Waals surface area contributed by atoms with E-state index in [0.717, 1.165) is 31.2 Å². The molecule has 0 spiro atoms. The molecule has 1 aliphatic carbocycles. The van der Waals surface area contributed by atoms with Crippen molar-refractivity contribution < 1.29 is 32.2 Å². The summed E-state index contributed by atoms with van der Waals surface area (Å²) in [4.78, 5) is 10.9. The van der Waals surface area contributed by atoms with E-state index >= 15 is 0 Å². The lowest BCUT2D eigenvalue weighted by molar-refractivity contribution is -0.201. The minimum Gasteiger partial charge on any atom is -0.493 e. The summed E-state index contributed by atoms with van der Waals surface area (Å²) in [6.45, 7) is -0.448.